The third kappa shape index (κ3) is 6.59. The molecule has 0 unspecified atom stereocenters. The lowest BCUT2D eigenvalue weighted by atomic mass is 10.0. The van der Waals surface area contributed by atoms with Crippen LogP contribution in [0.25, 0.3) is 32.3 Å². The summed E-state index contributed by atoms with van der Waals surface area (Å²) in [6, 6.07) is 56.1. The standard InChI is InChI=1S/C44H34N4S2/c1-31-29-45-43(49-31)35-17-25-41(26-18-35)47(37-9-5-3-6-10-37)39-21-13-33(14-22-39)34-15-23-40(24-16-34)48(38-11-7-4-8-12-38)42-27-19-36(20-28-42)44-46-30-32(2)50-44/h3-30H,1-2H3. The summed E-state index contributed by atoms with van der Waals surface area (Å²) < 4.78 is 0. The van der Waals surface area contributed by atoms with Crippen molar-refractivity contribution >= 4 is 56.8 Å². The highest BCUT2D eigenvalue weighted by atomic mass is 32.1. The van der Waals surface area contributed by atoms with E-state index in [2.05, 4.69) is 191 Å². The van der Waals surface area contributed by atoms with Crippen LogP contribution in [0.3, 0.4) is 0 Å². The zero-order valence-corrected chi connectivity index (χ0v) is 29.4. The molecule has 6 aromatic carbocycles. The lowest BCUT2D eigenvalue weighted by molar-refractivity contribution is 1.28. The topological polar surface area (TPSA) is 32.3 Å². The highest BCUT2D eigenvalue weighted by Crippen LogP contribution is 2.39. The van der Waals surface area contributed by atoms with Gasteiger partial charge in [-0.25, -0.2) is 9.97 Å². The average Bonchev–Trinajstić information content (AvgIpc) is 3.82. The summed E-state index contributed by atoms with van der Waals surface area (Å²) in [6.07, 6.45) is 3.87. The molecule has 0 bridgehead atoms. The van der Waals surface area contributed by atoms with Crippen molar-refractivity contribution in [1.82, 2.24) is 9.97 Å². The highest BCUT2D eigenvalue weighted by molar-refractivity contribution is 7.15. The maximum Gasteiger partial charge on any atom is 0.123 e. The van der Waals surface area contributed by atoms with Crippen molar-refractivity contribution < 1.29 is 0 Å². The van der Waals surface area contributed by atoms with Crippen LogP contribution in [0.2, 0.25) is 0 Å². The van der Waals surface area contributed by atoms with Crippen LogP contribution in [0.1, 0.15) is 9.75 Å². The minimum atomic E-state index is 1.04. The van der Waals surface area contributed by atoms with Gasteiger partial charge in [0.15, 0.2) is 0 Å². The lowest BCUT2D eigenvalue weighted by Crippen LogP contribution is -2.10. The van der Waals surface area contributed by atoms with Crippen molar-refractivity contribution in [3.63, 3.8) is 0 Å². The van der Waals surface area contributed by atoms with E-state index >= 15 is 0 Å². The molecule has 0 aliphatic heterocycles. The summed E-state index contributed by atoms with van der Waals surface area (Å²) in [5, 5.41) is 2.09. The molecule has 2 aromatic heterocycles. The molecule has 2 heterocycles. The summed E-state index contributed by atoms with van der Waals surface area (Å²) in [5.41, 5.74) is 11.2. The predicted octanol–water partition coefficient (Wildman–Crippen LogP) is 13.2. The number of anilines is 6. The zero-order valence-electron chi connectivity index (χ0n) is 27.8. The smallest absolute Gasteiger partial charge is 0.123 e. The number of benzene rings is 6. The highest BCUT2D eigenvalue weighted by Gasteiger charge is 2.15. The number of thiazole rings is 2. The van der Waals surface area contributed by atoms with Gasteiger partial charge in [0.05, 0.1) is 0 Å². The largest absolute Gasteiger partial charge is 0.311 e. The van der Waals surface area contributed by atoms with Gasteiger partial charge in [-0.05, 0) is 122 Å². The fourth-order valence-corrected chi connectivity index (χ4v) is 7.68. The Kier molecular flexibility index (Phi) is 8.78. The Morgan fingerprint density at radius 1 is 0.340 bits per heavy atom. The van der Waals surface area contributed by atoms with Gasteiger partial charge >= 0.3 is 0 Å². The number of hydrogen-bond acceptors (Lipinski definition) is 6. The zero-order chi connectivity index (χ0) is 33.9. The minimum absolute atomic E-state index is 1.04. The molecule has 0 atom stereocenters. The second-order valence-corrected chi connectivity index (χ2v) is 14.6. The van der Waals surface area contributed by atoms with Gasteiger partial charge in [0.2, 0.25) is 0 Å². The summed E-state index contributed by atoms with van der Waals surface area (Å²) in [7, 11) is 0. The second-order valence-electron chi connectivity index (χ2n) is 12.1. The summed E-state index contributed by atoms with van der Waals surface area (Å²) in [4.78, 5) is 16.2. The molecule has 0 aliphatic carbocycles. The van der Waals surface area contributed by atoms with E-state index in [1.54, 1.807) is 22.7 Å². The molecule has 0 aliphatic rings. The van der Waals surface area contributed by atoms with Crippen LogP contribution in [0.5, 0.6) is 0 Å². The van der Waals surface area contributed by atoms with E-state index in [4.69, 9.17) is 0 Å². The van der Waals surface area contributed by atoms with E-state index in [9.17, 15) is 0 Å². The quantitative estimate of drug-likeness (QED) is 0.152. The van der Waals surface area contributed by atoms with Crippen LogP contribution >= 0.6 is 22.7 Å². The molecule has 0 spiro atoms. The molecule has 0 fully saturated rings. The van der Waals surface area contributed by atoms with Gasteiger partial charge < -0.3 is 9.80 Å². The fourth-order valence-electron chi connectivity index (χ4n) is 6.14. The van der Waals surface area contributed by atoms with Gasteiger partial charge in [0, 0.05) is 67.4 Å². The molecular formula is C44H34N4S2. The van der Waals surface area contributed by atoms with E-state index in [0.29, 0.717) is 0 Å². The van der Waals surface area contributed by atoms with Gasteiger partial charge in [-0.1, -0.05) is 60.7 Å². The number of aromatic nitrogens is 2. The van der Waals surface area contributed by atoms with Crippen molar-refractivity contribution in [2.24, 2.45) is 0 Å². The summed E-state index contributed by atoms with van der Waals surface area (Å²) in [6.45, 7) is 4.18. The predicted molar refractivity (Wildman–Crippen MR) is 213 cm³/mol. The first-order chi connectivity index (χ1) is 24.6. The molecule has 0 amide bonds. The number of rotatable bonds is 9. The SMILES string of the molecule is Cc1cnc(-c2ccc(N(c3ccccc3)c3ccc(-c4ccc(N(c5ccccc5)c5ccc(-c6ncc(C)s6)cc5)cc4)cc3)cc2)s1. The maximum atomic E-state index is 4.58. The van der Waals surface area contributed by atoms with Crippen molar-refractivity contribution in [2.45, 2.75) is 13.8 Å². The van der Waals surface area contributed by atoms with E-state index in [-0.39, 0.29) is 0 Å². The third-order valence-electron chi connectivity index (χ3n) is 8.60. The van der Waals surface area contributed by atoms with Gasteiger partial charge in [-0.3, -0.25) is 0 Å². The van der Waals surface area contributed by atoms with Crippen molar-refractivity contribution in [3.05, 3.63) is 180 Å². The molecule has 0 saturated carbocycles. The Hall–Kier alpha value is -5.82. The summed E-state index contributed by atoms with van der Waals surface area (Å²) in [5.74, 6) is 0. The molecule has 0 saturated heterocycles. The van der Waals surface area contributed by atoms with Crippen LogP contribution < -0.4 is 9.80 Å². The average molecular weight is 683 g/mol. The monoisotopic (exact) mass is 682 g/mol. The van der Waals surface area contributed by atoms with E-state index in [0.717, 1.165) is 66.4 Å². The van der Waals surface area contributed by atoms with Gasteiger partial charge in [-0.15, -0.1) is 22.7 Å². The Morgan fingerprint density at radius 3 is 0.900 bits per heavy atom. The van der Waals surface area contributed by atoms with Crippen LogP contribution in [0.15, 0.2) is 170 Å². The van der Waals surface area contributed by atoms with Crippen molar-refractivity contribution in [2.75, 3.05) is 9.80 Å². The Morgan fingerprint density at radius 2 is 0.620 bits per heavy atom. The van der Waals surface area contributed by atoms with Gasteiger partial charge in [-0.2, -0.15) is 0 Å². The number of para-hydroxylation sites is 2. The molecule has 4 nitrogen and oxygen atoms in total. The third-order valence-corrected chi connectivity index (χ3v) is 10.5. The number of aryl methyl sites for hydroxylation is 2. The fraction of sp³-hybridized carbons (Fsp3) is 0.0455. The van der Waals surface area contributed by atoms with Gasteiger partial charge in [0.25, 0.3) is 0 Å². The van der Waals surface area contributed by atoms with Crippen LogP contribution in [-0.2, 0) is 0 Å². The van der Waals surface area contributed by atoms with Crippen molar-refractivity contribution in [1.29, 1.82) is 0 Å². The van der Waals surface area contributed by atoms with E-state index in [1.165, 1.54) is 9.75 Å². The second kappa shape index (κ2) is 14.0. The Labute approximate surface area is 301 Å². The number of nitrogens with zero attached hydrogens (tertiary/aromatic N) is 4. The molecule has 8 rings (SSSR count). The molecule has 0 N–H and O–H groups in total. The van der Waals surface area contributed by atoms with Gasteiger partial charge in [0.1, 0.15) is 10.0 Å². The number of hydrogen-bond donors (Lipinski definition) is 0. The first kappa shape index (κ1) is 31.4. The first-order valence-electron chi connectivity index (χ1n) is 16.6. The molecule has 242 valence electrons. The van der Waals surface area contributed by atoms with Crippen LogP contribution in [0, 0.1) is 13.8 Å². The minimum Gasteiger partial charge on any atom is -0.311 e. The lowest BCUT2D eigenvalue weighted by Gasteiger charge is -2.26. The maximum absolute atomic E-state index is 4.58. The van der Waals surface area contributed by atoms with E-state index < -0.39 is 0 Å². The molecule has 50 heavy (non-hydrogen) atoms. The normalized spacial score (nSPS) is 11.0. The molecular weight excluding hydrogens is 649 g/mol. The van der Waals surface area contributed by atoms with Crippen molar-refractivity contribution in [3.8, 4) is 32.3 Å². The Balaban J connectivity index is 1.07. The first-order valence-corrected chi connectivity index (χ1v) is 18.2. The molecule has 8 aromatic rings. The summed E-state index contributed by atoms with van der Waals surface area (Å²) >= 11 is 3.44. The molecule has 6 heteroatoms. The van der Waals surface area contributed by atoms with E-state index in [1.807, 2.05) is 12.4 Å². The Bertz CT molecular complexity index is 2140. The van der Waals surface area contributed by atoms with Crippen LogP contribution in [0.4, 0.5) is 34.1 Å². The van der Waals surface area contributed by atoms with Crippen LogP contribution in [-0.4, -0.2) is 9.97 Å². The molecule has 0 radical (unpaired) electrons.